The van der Waals surface area contributed by atoms with Gasteiger partial charge < -0.3 is 19.6 Å². The van der Waals surface area contributed by atoms with Crippen molar-refractivity contribution in [1.29, 1.82) is 0 Å². The second-order valence-electron chi connectivity index (χ2n) is 6.05. The second kappa shape index (κ2) is 6.76. The lowest BCUT2D eigenvalue weighted by molar-refractivity contribution is -0.125. The molecule has 0 bridgehead atoms. The van der Waals surface area contributed by atoms with Gasteiger partial charge in [0.15, 0.2) is 0 Å². The molecule has 4 rings (SSSR count). The normalized spacial score (nSPS) is 16.3. The smallest absolute Gasteiger partial charge is 0.246 e. The van der Waals surface area contributed by atoms with Crippen LogP contribution in [0.1, 0.15) is 17.7 Å². The molecule has 0 radical (unpaired) electrons. The second-order valence-corrected chi connectivity index (χ2v) is 6.05. The summed E-state index contributed by atoms with van der Waals surface area (Å²) in [5.74, 6) is 6.78. The van der Waals surface area contributed by atoms with Gasteiger partial charge >= 0.3 is 0 Å². The summed E-state index contributed by atoms with van der Waals surface area (Å²) in [7, 11) is 0. The Morgan fingerprint density at radius 2 is 2.38 bits per heavy atom. The first-order chi connectivity index (χ1) is 12.7. The molecule has 0 spiro atoms. The fourth-order valence-corrected chi connectivity index (χ4v) is 3.00. The van der Waals surface area contributed by atoms with E-state index < -0.39 is 0 Å². The maximum absolute atomic E-state index is 11.7. The van der Waals surface area contributed by atoms with E-state index in [0.29, 0.717) is 13.1 Å². The largest absolute Gasteiger partial charge is 0.471 e. The molecule has 3 aromatic heterocycles. The van der Waals surface area contributed by atoms with E-state index >= 15 is 0 Å². The van der Waals surface area contributed by atoms with Gasteiger partial charge in [-0.3, -0.25) is 4.79 Å². The van der Waals surface area contributed by atoms with Crippen molar-refractivity contribution < 1.29 is 9.21 Å². The first kappa shape index (κ1) is 16.0. The van der Waals surface area contributed by atoms with Crippen molar-refractivity contribution in [3.05, 3.63) is 54.9 Å². The van der Waals surface area contributed by atoms with Gasteiger partial charge in [-0.25, -0.2) is 9.97 Å². The third-order valence-electron chi connectivity index (χ3n) is 4.30. The van der Waals surface area contributed by atoms with Crippen LogP contribution < -0.4 is 5.32 Å². The van der Waals surface area contributed by atoms with E-state index in [2.05, 4.69) is 38.7 Å². The Labute approximate surface area is 150 Å². The summed E-state index contributed by atoms with van der Waals surface area (Å²) < 4.78 is 5.01. The van der Waals surface area contributed by atoms with E-state index in [9.17, 15) is 4.79 Å². The fourth-order valence-electron chi connectivity index (χ4n) is 3.00. The topological polar surface area (TPSA) is 87.0 Å². The lowest BCUT2D eigenvalue weighted by atomic mass is 10.2. The molecule has 0 aliphatic carbocycles. The van der Waals surface area contributed by atoms with E-state index in [0.717, 1.165) is 34.5 Å². The number of nitrogens with zero attached hydrogens (tertiary/aromatic N) is 3. The zero-order valence-electron chi connectivity index (χ0n) is 14.0. The van der Waals surface area contributed by atoms with Crippen LogP contribution in [0.25, 0.3) is 11.0 Å². The van der Waals surface area contributed by atoms with Crippen molar-refractivity contribution in [1.82, 2.24) is 19.9 Å². The third kappa shape index (κ3) is 3.17. The Kier molecular flexibility index (Phi) is 4.15. The molecule has 7 nitrogen and oxygen atoms in total. The lowest BCUT2D eigenvalue weighted by Gasteiger charge is -2.15. The van der Waals surface area contributed by atoms with Crippen LogP contribution in [0.2, 0.25) is 0 Å². The molecule has 3 aromatic rings. The van der Waals surface area contributed by atoms with Crippen molar-refractivity contribution >= 4 is 22.8 Å². The van der Waals surface area contributed by atoms with Crippen molar-refractivity contribution in [2.24, 2.45) is 0 Å². The molecule has 4 heterocycles. The Hall–Kier alpha value is -3.53. The highest BCUT2D eigenvalue weighted by molar-refractivity contribution is 5.89. The maximum Gasteiger partial charge on any atom is 0.246 e. The van der Waals surface area contributed by atoms with Crippen LogP contribution in [0.4, 0.5) is 5.82 Å². The first-order valence-electron chi connectivity index (χ1n) is 8.29. The van der Waals surface area contributed by atoms with E-state index in [4.69, 9.17) is 4.42 Å². The van der Waals surface area contributed by atoms with Gasteiger partial charge in [0.2, 0.25) is 5.91 Å². The highest BCUT2D eigenvalue weighted by Gasteiger charge is 2.25. The molecule has 1 amide bonds. The van der Waals surface area contributed by atoms with Gasteiger partial charge in [0, 0.05) is 19.1 Å². The quantitative estimate of drug-likeness (QED) is 0.560. The SMILES string of the molecule is C=CC(=O)N1CCC(Nc2ncnc3[nH]c(C#Cc4ccoc4)cc23)C1. The highest BCUT2D eigenvalue weighted by atomic mass is 16.3. The molecule has 1 unspecified atom stereocenters. The average molecular weight is 347 g/mol. The molecule has 7 heteroatoms. The molecule has 0 aromatic carbocycles. The summed E-state index contributed by atoms with van der Waals surface area (Å²) in [6.45, 7) is 4.89. The first-order valence-corrected chi connectivity index (χ1v) is 8.29. The van der Waals surface area contributed by atoms with E-state index in [1.54, 1.807) is 23.5 Å². The molecular weight excluding hydrogens is 330 g/mol. The molecule has 1 saturated heterocycles. The Morgan fingerprint density at radius 3 is 3.19 bits per heavy atom. The number of hydrogen-bond acceptors (Lipinski definition) is 5. The number of amides is 1. The summed E-state index contributed by atoms with van der Waals surface area (Å²) in [4.78, 5) is 25.3. The van der Waals surface area contributed by atoms with Crippen LogP contribution in [-0.2, 0) is 4.79 Å². The summed E-state index contributed by atoms with van der Waals surface area (Å²) >= 11 is 0. The number of nitrogens with one attached hydrogen (secondary N) is 2. The minimum absolute atomic E-state index is 0.0411. The summed E-state index contributed by atoms with van der Waals surface area (Å²) in [6, 6.07) is 3.87. The van der Waals surface area contributed by atoms with Crippen LogP contribution in [0.5, 0.6) is 0 Å². The highest BCUT2D eigenvalue weighted by Crippen LogP contribution is 2.23. The number of H-pyrrole nitrogens is 1. The van der Waals surface area contributed by atoms with E-state index in [1.165, 1.54) is 12.4 Å². The summed E-state index contributed by atoms with van der Waals surface area (Å²) in [6.07, 6.45) is 6.91. The summed E-state index contributed by atoms with van der Waals surface area (Å²) in [5.41, 5.74) is 2.28. The van der Waals surface area contributed by atoms with E-state index in [-0.39, 0.29) is 11.9 Å². The number of likely N-dealkylation sites (tertiary alicyclic amines) is 1. The average Bonchev–Trinajstić information content (AvgIpc) is 3.39. The molecule has 2 N–H and O–H groups in total. The third-order valence-corrected chi connectivity index (χ3v) is 4.30. The van der Waals surface area contributed by atoms with Gasteiger partial charge in [-0.15, -0.1) is 0 Å². The standard InChI is InChI=1S/C19H17N5O2/c1-2-17(25)24-7-5-15(10-24)23-19-16-9-14(22-18(16)20-12-21-19)4-3-13-6-8-26-11-13/h2,6,8-9,11-12,15H,1,5,7,10H2,(H2,20,21,22,23). The molecule has 1 aliphatic heterocycles. The van der Waals surface area contributed by atoms with E-state index in [1.807, 2.05) is 6.07 Å². The number of carbonyl (C=O) groups excluding carboxylic acids is 1. The van der Waals surface area contributed by atoms with Crippen LogP contribution >= 0.6 is 0 Å². The molecule has 1 fully saturated rings. The number of fused-ring (bicyclic) bond motifs is 1. The number of aromatic nitrogens is 3. The zero-order valence-corrected chi connectivity index (χ0v) is 14.0. The molecule has 130 valence electrons. The monoisotopic (exact) mass is 347 g/mol. The molecule has 0 saturated carbocycles. The van der Waals surface area contributed by atoms with Gasteiger partial charge in [-0.1, -0.05) is 12.5 Å². The predicted octanol–water partition coefficient (Wildman–Crippen LogP) is 2.15. The number of anilines is 1. The minimum Gasteiger partial charge on any atom is -0.471 e. The predicted molar refractivity (Wildman–Crippen MR) is 97.4 cm³/mol. The fraction of sp³-hybridized carbons (Fsp3) is 0.211. The van der Waals surface area contributed by atoms with Crippen molar-refractivity contribution in [3.63, 3.8) is 0 Å². The Bertz CT molecular complexity index is 1010. The van der Waals surface area contributed by atoms with Crippen LogP contribution in [0.15, 0.2) is 48.1 Å². The van der Waals surface area contributed by atoms with Gasteiger partial charge in [-0.2, -0.15) is 0 Å². The molecular formula is C19H17N5O2. The van der Waals surface area contributed by atoms with Gasteiger partial charge in [0.05, 0.1) is 22.9 Å². The van der Waals surface area contributed by atoms with Crippen molar-refractivity contribution in [2.75, 3.05) is 18.4 Å². The van der Waals surface area contributed by atoms with Crippen LogP contribution in [-0.4, -0.2) is 44.9 Å². The van der Waals surface area contributed by atoms with Gasteiger partial charge in [0.1, 0.15) is 24.1 Å². The number of rotatable bonds is 3. The number of aromatic amines is 1. The maximum atomic E-state index is 11.7. The van der Waals surface area contributed by atoms with Crippen LogP contribution in [0, 0.1) is 11.8 Å². The van der Waals surface area contributed by atoms with Gasteiger partial charge in [0.25, 0.3) is 0 Å². The molecule has 1 aliphatic rings. The van der Waals surface area contributed by atoms with Crippen LogP contribution in [0.3, 0.4) is 0 Å². The molecule has 1 atom stereocenters. The lowest BCUT2D eigenvalue weighted by Crippen LogP contribution is -2.30. The number of hydrogen-bond donors (Lipinski definition) is 2. The number of carbonyl (C=O) groups is 1. The zero-order chi connectivity index (χ0) is 17.9. The Morgan fingerprint density at radius 1 is 1.46 bits per heavy atom. The van der Waals surface area contributed by atoms with Gasteiger partial charge in [-0.05, 0) is 30.6 Å². The Balaban J connectivity index is 1.55. The van der Waals surface area contributed by atoms with Crippen molar-refractivity contribution in [3.8, 4) is 11.8 Å². The minimum atomic E-state index is -0.0411. The summed E-state index contributed by atoms with van der Waals surface area (Å²) in [5, 5.41) is 4.29. The number of furan rings is 1. The molecule has 26 heavy (non-hydrogen) atoms. The van der Waals surface area contributed by atoms with Crippen molar-refractivity contribution in [2.45, 2.75) is 12.5 Å².